The van der Waals surface area contributed by atoms with Crippen LogP contribution >= 0.6 is 11.3 Å². The molecule has 142 valence electrons. The van der Waals surface area contributed by atoms with E-state index in [4.69, 9.17) is 5.11 Å². The second kappa shape index (κ2) is 8.81. The topological polar surface area (TPSA) is 86.7 Å². The van der Waals surface area contributed by atoms with Gasteiger partial charge in [-0.1, -0.05) is 12.1 Å². The van der Waals surface area contributed by atoms with Gasteiger partial charge in [0.15, 0.2) is 0 Å². The normalized spacial score (nSPS) is 13.2. The number of thiophene rings is 1. The second-order valence-electron chi connectivity index (χ2n) is 6.62. The number of amides is 2. The number of nitrogens with zero attached hydrogens (tertiary/aromatic N) is 1. The van der Waals surface area contributed by atoms with Crippen molar-refractivity contribution in [3.05, 3.63) is 52.2 Å². The minimum atomic E-state index is -1.02. The standard InChI is InChI=1S/C20H22N2O4S/c23-18(8-2-6-17-7-3-11-27-17)21-15-5-1-4-14(12-15)20(26)22(13-19(24)25)16-9-10-16/h1,3-5,7,11-12,16H,2,6,8-10,13H2,(H,21,23)(H,24,25). The lowest BCUT2D eigenvalue weighted by atomic mass is 10.1. The van der Waals surface area contributed by atoms with Gasteiger partial charge in [0.2, 0.25) is 5.91 Å². The zero-order valence-corrected chi connectivity index (χ0v) is 15.7. The lowest BCUT2D eigenvalue weighted by Gasteiger charge is -2.20. The molecule has 3 rings (SSSR count). The molecular weight excluding hydrogens is 364 g/mol. The van der Waals surface area contributed by atoms with E-state index in [1.165, 1.54) is 9.78 Å². The van der Waals surface area contributed by atoms with Gasteiger partial charge in [0.1, 0.15) is 6.54 Å². The summed E-state index contributed by atoms with van der Waals surface area (Å²) < 4.78 is 0. The lowest BCUT2D eigenvalue weighted by Crippen LogP contribution is -2.37. The fourth-order valence-electron chi connectivity index (χ4n) is 2.90. The van der Waals surface area contributed by atoms with Crippen molar-refractivity contribution in [2.45, 2.75) is 38.1 Å². The fourth-order valence-corrected chi connectivity index (χ4v) is 3.65. The highest BCUT2D eigenvalue weighted by Gasteiger charge is 2.34. The molecule has 0 radical (unpaired) electrons. The number of rotatable bonds is 9. The first kappa shape index (κ1) is 19.1. The van der Waals surface area contributed by atoms with Crippen LogP contribution in [0.25, 0.3) is 0 Å². The molecule has 1 aromatic carbocycles. The van der Waals surface area contributed by atoms with Crippen LogP contribution in [-0.2, 0) is 16.0 Å². The number of carbonyl (C=O) groups is 3. The molecule has 0 bridgehead atoms. The van der Waals surface area contributed by atoms with E-state index >= 15 is 0 Å². The highest BCUT2D eigenvalue weighted by Crippen LogP contribution is 2.28. The molecule has 2 N–H and O–H groups in total. The summed E-state index contributed by atoms with van der Waals surface area (Å²) in [5.41, 5.74) is 0.938. The van der Waals surface area contributed by atoms with Gasteiger partial charge in [0.25, 0.3) is 5.91 Å². The van der Waals surface area contributed by atoms with Crippen LogP contribution in [0.1, 0.15) is 40.9 Å². The van der Waals surface area contributed by atoms with Crippen LogP contribution in [0.3, 0.4) is 0 Å². The predicted molar refractivity (Wildman–Crippen MR) is 104 cm³/mol. The van der Waals surface area contributed by atoms with E-state index in [1.807, 2.05) is 11.4 Å². The Hall–Kier alpha value is -2.67. The van der Waals surface area contributed by atoms with E-state index in [1.54, 1.807) is 35.6 Å². The summed E-state index contributed by atoms with van der Waals surface area (Å²) in [5.74, 6) is -1.43. The van der Waals surface area contributed by atoms with E-state index in [0.29, 0.717) is 17.7 Å². The molecule has 1 heterocycles. The third kappa shape index (κ3) is 5.65. The number of hydrogen-bond donors (Lipinski definition) is 2. The molecule has 0 spiro atoms. The van der Waals surface area contributed by atoms with E-state index in [0.717, 1.165) is 25.7 Å². The van der Waals surface area contributed by atoms with Gasteiger partial charge < -0.3 is 15.3 Å². The summed E-state index contributed by atoms with van der Waals surface area (Å²) in [6.45, 7) is -0.303. The summed E-state index contributed by atoms with van der Waals surface area (Å²) in [5, 5.41) is 13.9. The number of benzene rings is 1. The average Bonchev–Trinajstić information content (AvgIpc) is 3.35. The quantitative estimate of drug-likeness (QED) is 0.691. The van der Waals surface area contributed by atoms with E-state index in [-0.39, 0.29) is 24.4 Å². The maximum atomic E-state index is 12.7. The summed E-state index contributed by atoms with van der Waals surface area (Å²) >= 11 is 1.68. The van der Waals surface area contributed by atoms with E-state index < -0.39 is 5.97 Å². The number of anilines is 1. The Morgan fingerprint density at radius 1 is 1.19 bits per heavy atom. The van der Waals surface area contributed by atoms with Gasteiger partial charge in [-0.25, -0.2) is 0 Å². The van der Waals surface area contributed by atoms with Crippen LogP contribution in [0, 0.1) is 0 Å². The monoisotopic (exact) mass is 386 g/mol. The SMILES string of the molecule is O=C(O)CN(C(=O)c1cccc(NC(=O)CCCc2cccs2)c1)C1CC1. The molecule has 27 heavy (non-hydrogen) atoms. The number of carbonyl (C=O) groups excluding carboxylic acids is 2. The molecule has 6 nitrogen and oxygen atoms in total. The Morgan fingerprint density at radius 2 is 2.00 bits per heavy atom. The fraction of sp³-hybridized carbons (Fsp3) is 0.350. The van der Waals surface area contributed by atoms with Gasteiger partial charge in [0.05, 0.1) is 0 Å². The Kier molecular flexibility index (Phi) is 6.24. The number of nitrogens with one attached hydrogen (secondary N) is 1. The third-order valence-corrected chi connectivity index (χ3v) is 5.29. The Balaban J connectivity index is 1.56. The van der Waals surface area contributed by atoms with Crippen LogP contribution in [0.2, 0.25) is 0 Å². The summed E-state index contributed by atoms with van der Waals surface area (Å²) in [7, 11) is 0. The molecule has 2 aromatic rings. The summed E-state index contributed by atoms with van der Waals surface area (Å²) in [4.78, 5) is 38.5. The van der Waals surface area contributed by atoms with Crippen molar-refractivity contribution >= 4 is 34.8 Å². The smallest absolute Gasteiger partial charge is 0.323 e. The molecule has 2 amide bonds. The number of aliphatic carboxylic acids is 1. The van der Waals surface area contributed by atoms with Crippen molar-refractivity contribution in [2.24, 2.45) is 0 Å². The molecule has 1 saturated carbocycles. The molecule has 1 aromatic heterocycles. The molecule has 1 aliphatic rings. The highest BCUT2D eigenvalue weighted by molar-refractivity contribution is 7.09. The van der Waals surface area contributed by atoms with Crippen LogP contribution in [-0.4, -0.2) is 40.4 Å². The Labute approximate surface area is 161 Å². The number of carboxylic acid groups (broad SMARTS) is 1. The second-order valence-corrected chi connectivity index (χ2v) is 7.65. The maximum absolute atomic E-state index is 12.7. The summed E-state index contributed by atoms with van der Waals surface area (Å²) in [6.07, 6.45) is 3.71. The molecule has 0 atom stereocenters. The van der Waals surface area contributed by atoms with Gasteiger partial charge in [-0.15, -0.1) is 11.3 Å². The number of aryl methyl sites for hydroxylation is 1. The van der Waals surface area contributed by atoms with Gasteiger partial charge >= 0.3 is 5.97 Å². The molecular formula is C20H22N2O4S. The highest BCUT2D eigenvalue weighted by atomic mass is 32.1. The van der Waals surface area contributed by atoms with Crippen molar-refractivity contribution in [3.8, 4) is 0 Å². The van der Waals surface area contributed by atoms with Crippen molar-refractivity contribution in [3.63, 3.8) is 0 Å². The first-order valence-corrected chi connectivity index (χ1v) is 9.86. The van der Waals surface area contributed by atoms with E-state index in [2.05, 4.69) is 11.4 Å². The predicted octanol–water partition coefficient (Wildman–Crippen LogP) is 3.40. The van der Waals surface area contributed by atoms with Gasteiger partial charge in [-0.3, -0.25) is 14.4 Å². The largest absolute Gasteiger partial charge is 0.480 e. The van der Waals surface area contributed by atoms with Crippen molar-refractivity contribution in [1.82, 2.24) is 4.90 Å². The minimum absolute atomic E-state index is 0.00380. The first-order valence-electron chi connectivity index (χ1n) is 8.98. The van der Waals surface area contributed by atoms with Crippen LogP contribution < -0.4 is 5.32 Å². The van der Waals surface area contributed by atoms with Crippen molar-refractivity contribution in [2.75, 3.05) is 11.9 Å². The zero-order valence-electron chi connectivity index (χ0n) is 14.9. The van der Waals surface area contributed by atoms with Gasteiger partial charge in [-0.05, 0) is 55.3 Å². The molecule has 1 fully saturated rings. The first-order chi connectivity index (χ1) is 13.0. The van der Waals surface area contributed by atoms with Crippen LogP contribution in [0.15, 0.2) is 41.8 Å². The van der Waals surface area contributed by atoms with Crippen LogP contribution in [0.5, 0.6) is 0 Å². The average molecular weight is 386 g/mol. The zero-order chi connectivity index (χ0) is 19.2. The van der Waals surface area contributed by atoms with Crippen molar-refractivity contribution in [1.29, 1.82) is 0 Å². The Morgan fingerprint density at radius 3 is 2.67 bits per heavy atom. The van der Waals surface area contributed by atoms with Crippen molar-refractivity contribution < 1.29 is 19.5 Å². The minimum Gasteiger partial charge on any atom is -0.480 e. The molecule has 0 unspecified atom stereocenters. The lowest BCUT2D eigenvalue weighted by molar-refractivity contribution is -0.137. The molecule has 0 aliphatic heterocycles. The molecule has 1 aliphatic carbocycles. The maximum Gasteiger partial charge on any atom is 0.323 e. The van der Waals surface area contributed by atoms with Gasteiger partial charge in [-0.2, -0.15) is 0 Å². The third-order valence-electron chi connectivity index (χ3n) is 4.35. The van der Waals surface area contributed by atoms with Crippen LogP contribution in [0.4, 0.5) is 5.69 Å². The number of carboxylic acids is 1. The van der Waals surface area contributed by atoms with E-state index in [9.17, 15) is 14.4 Å². The molecule has 7 heteroatoms. The summed E-state index contributed by atoms with van der Waals surface area (Å²) in [6, 6.07) is 10.7. The molecule has 0 saturated heterocycles. The number of hydrogen-bond acceptors (Lipinski definition) is 4. The Bertz CT molecular complexity index is 815. The van der Waals surface area contributed by atoms with Gasteiger partial charge in [0, 0.05) is 28.6 Å².